The molecule has 3 aliphatic carbocycles. The zero-order chi connectivity index (χ0) is 8.29. The van der Waals surface area contributed by atoms with Crippen molar-refractivity contribution in [3.63, 3.8) is 0 Å². The van der Waals surface area contributed by atoms with Gasteiger partial charge in [-0.25, -0.2) is 0 Å². The predicted octanol–water partition coefficient (Wildman–Crippen LogP) is 1.75. The van der Waals surface area contributed by atoms with Crippen molar-refractivity contribution in [3.05, 3.63) is 0 Å². The summed E-state index contributed by atoms with van der Waals surface area (Å²) in [6.07, 6.45) is 5.04. The molecule has 3 rings (SSSR count). The molecule has 0 aromatic rings. The monoisotopic (exact) mass is 166 g/mol. The summed E-state index contributed by atoms with van der Waals surface area (Å²) in [5.74, 6) is 2.25. The fourth-order valence-corrected chi connectivity index (χ4v) is 4.26. The second kappa shape index (κ2) is 2.04. The molecule has 0 amide bonds. The van der Waals surface area contributed by atoms with Crippen molar-refractivity contribution in [2.24, 2.45) is 29.6 Å². The zero-order valence-electron chi connectivity index (χ0n) is 7.07. The van der Waals surface area contributed by atoms with E-state index in [-0.39, 0.29) is 5.92 Å². The Kier molecular flexibility index (Phi) is 1.18. The maximum Gasteiger partial charge on any atom is 0.307 e. The number of carboxylic acid groups (broad SMARTS) is 1. The van der Waals surface area contributed by atoms with Crippen LogP contribution in [0.2, 0.25) is 0 Å². The lowest BCUT2D eigenvalue weighted by Crippen LogP contribution is -2.30. The third-order valence-electron chi connectivity index (χ3n) is 4.52. The Bertz CT molecular complexity index is 218. The van der Waals surface area contributed by atoms with Crippen molar-refractivity contribution in [1.29, 1.82) is 0 Å². The van der Waals surface area contributed by atoms with Gasteiger partial charge in [-0.05, 0) is 49.4 Å². The van der Waals surface area contributed by atoms with Crippen molar-refractivity contribution in [2.45, 2.75) is 25.7 Å². The van der Waals surface area contributed by atoms with Gasteiger partial charge < -0.3 is 5.11 Å². The molecule has 0 spiro atoms. The molecule has 0 aromatic heterocycles. The van der Waals surface area contributed by atoms with Crippen LogP contribution < -0.4 is 0 Å². The number of carbonyl (C=O) groups is 1. The van der Waals surface area contributed by atoms with Crippen LogP contribution in [0.3, 0.4) is 0 Å². The molecule has 5 atom stereocenters. The van der Waals surface area contributed by atoms with Gasteiger partial charge in [-0.15, -0.1) is 0 Å². The molecular formula is C10H14O2. The van der Waals surface area contributed by atoms with Crippen LogP contribution in [0, 0.1) is 29.6 Å². The lowest BCUT2D eigenvalue weighted by molar-refractivity contribution is -0.146. The molecule has 0 radical (unpaired) electrons. The first-order valence-corrected chi connectivity index (χ1v) is 5.02. The van der Waals surface area contributed by atoms with Crippen molar-refractivity contribution < 1.29 is 9.90 Å². The zero-order valence-corrected chi connectivity index (χ0v) is 7.07. The van der Waals surface area contributed by atoms with Gasteiger partial charge in [-0.2, -0.15) is 0 Å². The number of carboxylic acids is 1. The van der Waals surface area contributed by atoms with E-state index in [1.807, 2.05) is 0 Å². The fourth-order valence-electron chi connectivity index (χ4n) is 4.26. The molecule has 4 bridgehead atoms. The van der Waals surface area contributed by atoms with Crippen molar-refractivity contribution >= 4 is 5.97 Å². The second-order valence-corrected chi connectivity index (χ2v) is 4.67. The summed E-state index contributed by atoms with van der Waals surface area (Å²) in [6.45, 7) is 0. The first-order chi connectivity index (χ1) is 5.79. The van der Waals surface area contributed by atoms with Crippen LogP contribution in [0.1, 0.15) is 25.7 Å². The minimum absolute atomic E-state index is 0.0440. The van der Waals surface area contributed by atoms with Gasteiger partial charge in [0.15, 0.2) is 0 Å². The molecule has 0 heterocycles. The van der Waals surface area contributed by atoms with E-state index in [9.17, 15) is 4.79 Å². The van der Waals surface area contributed by atoms with Crippen molar-refractivity contribution in [3.8, 4) is 0 Å². The molecule has 2 heteroatoms. The lowest BCUT2D eigenvalue weighted by atomic mass is 9.75. The molecule has 66 valence electrons. The Hall–Kier alpha value is -0.530. The van der Waals surface area contributed by atoms with E-state index in [0.717, 1.165) is 11.8 Å². The summed E-state index contributed by atoms with van der Waals surface area (Å²) >= 11 is 0. The minimum atomic E-state index is -0.517. The van der Waals surface area contributed by atoms with E-state index < -0.39 is 5.97 Å². The van der Waals surface area contributed by atoms with Crippen LogP contribution in [0.15, 0.2) is 0 Å². The van der Waals surface area contributed by atoms with E-state index in [1.54, 1.807) is 0 Å². The van der Waals surface area contributed by atoms with Crippen LogP contribution >= 0.6 is 0 Å². The van der Waals surface area contributed by atoms with Crippen LogP contribution in [-0.2, 0) is 4.79 Å². The average Bonchev–Trinajstić information content (AvgIpc) is 2.66. The standard InChI is InChI=1S/C10H14O2/c11-10(12)9-7-3-1-5-6(7)2-4-8(5)9/h5-9H,1-4H2,(H,11,12)/t5-,6+,7+,8-,9?. The molecule has 3 aliphatic rings. The topological polar surface area (TPSA) is 37.3 Å². The first-order valence-electron chi connectivity index (χ1n) is 5.02. The largest absolute Gasteiger partial charge is 0.481 e. The van der Waals surface area contributed by atoms with Crippen LogP contribution in [0.4, 0.5) is 0 Å². The number of hydrogen-bond donors (Lipinski definition) is 1. The van der Waals surface area contributed by atoms with Crippen molar-refractivity contribution in [1.82, 2.24) is 0 Å². The van der Waals surface area contributed by atoms with Gasteiger partial charge >= 0.3 is 5.97 Å². The Labute approximate surface area is 72.0 Å². The fraction of sp³-hybridized carbons (Fsp3) is 0.900. The SMILES string of the molecule is O=C(O)C1[C@H]2CC[C@@H]3[C@@H]2CC[C@@H]13. The Balaban J connectivity index is 1.96. The summed E-state index contributed by atoms with van der Waals surface area (Å²) in [4.78, 5) is 11.0. The van der Waals surface area contributed by atoms with Crippen LogP contribution in [0.5, 0.6) is 0 Å². The Morgan fingerprint density at radius 2 is 1.33 bits per heavy atom. The quantitative estimate of drug-likeness (QED) is 0.644. The molecule has 12 heavy (non-hydrogen) atoms. The third kappa shape index (κ3) is 0.606. The summed E-state index contributed by atoms with van der Waals surface area (Å²) in [5, 5.41) is 9.06. The predicted molar refractivity (Wildman–Crippen MR) is 43.6 cm³/mol. The van der Waals surface area contributed by atoms with Crippen LogP contribution in [-0.4, -0.2) is 11.1 Å². The van der Waals surface area contributed by atoms with Gasteiger partial charge in [0.2, 0.25) is 0 Å². The third-order valence-corrected chi connectivity index (χ3v) is 4.52. The number of aliphatic carboxylic acids is 1. The second-order valence-electron chi connectivity index (χ2n) is 4.67. The summed E-state index contributed by atoms with van der Waals surface area (Å²) < 4.78 is 0. The highest BCUT2D eigenvalue weighted by Crippen LogP contribution is 2.63. The van der Waals surface area contributed by atoms with Gasteiger partial charge in [0.05, 0.1) is 5.92 Å². The highest BCUT2D eigenvalue weighted by Gasteiger charge is 2.60. The molecule has 0 saturated heterocycles. The molecule has 0 aromatic carbocycles. The number of rotatable bonds is 1. The van der Waals surface area contributed by atoms with Gasteiger partial charge in [0, 0.05) is 0 Å². The smallest absolute Gasteiger partial charge is 0.307 e. The Morgan fingerprint density at radius 1 is 0.917 bits per heavy atom. The molecular weight excluding hydrogens is 152 g/mol. The van der Waals surface area contributed by atoms with Gasteiger partial charge in [-0.1, -0.05) is 0 Å². The molecule has 0 aliphatic heterocycles. The molecule has 1 unspecified atom stereocenters. The maximum atomic E-state index is 11.0. The van der Waals surface area contributed by atoms with E-state index in [2.05, 4.69) is 0 Å². The summed E-state index contributed by atoms with van der Waals surface area (Å²) in [6, 6.07) is 0. The van der Waals surface area contributed by atoms with E-state index in [1.165, 1.54) is 25.7 Å². The summed E-state index contributed by atoms with van der Waals surface area (Å²) in [5.41, 5.74) is 0. The van der Waals surface area contributed by atoms with Crippen molar-refractivity contribution in [2.75, 3.05) is 0 Å². The van der Waals surface area contributed by atoms with E-state index in [0.29, 0.717) is 11.8 Å². The van der Waals surface area contributed by atoms with Gasteiger partial charge in [0.1, 0.15) is 0 Å². The lowest BCUT2D eigenvalue weighted by Gasteiger charge is -2.28. The van der Waals surface area contributed by atoms with E-state index in [4.69, 9.17) is 5.11 Å². The maximum absolute atomic E-state index is 11.0. The minimum Gasteiger partial charge on any atom is -0.481 e. The first kappa shape index (κ1) is 6.93. The average molecular weight is 166 g/mol. The van der Waals surface area contributed by atoms with Gasteiger partial charge in [-0.3, -0.25) is 4.79 Å². The molecule has 1 N–H and O–H groups in total. The van der Waals surface area contributed by atoms with Crippen LogP contribution in [0.25, 0.3) is 0 Å². The summed E-state index contributed by atoms with van der Waals surface area (Å²) in [7, 11) is 0. The molecule has 2 nitrogen and oxygen atoms in total. The highest BCUT2D eigenvalue weighted by atomic mass is 16.4. The normalized spacial score (nSPS) is 54.8. The molecule has 3 fully saturated rings. The highest BCUT2D eigenvalue weighted by molar-refractivity contribution is 5.72. The molecule has 3 saturated carbocycles. The number of hydrogen-bond acceptors (Lipinski definition) is 1. The Morgan fingerprint density at radius 3 is 1.67 bits per heavy atom. The van der Waals surface area contributed by atoms with E-state index >= 15 is 0 Å². The van der Waals surface area contributed by atoms with Gasteiger partial charge in [0.25, 0.3) is 0 Å².